The third-order valence-corrected chi connectivity index (χ3v) is 4.11. The van der Waals surface area contributed by atoms with Crippen molar-refractivity contribution < 1.29 is 32.2 Å². The van der Waals surface area contributed by atoms with Gasteiger partial charge in [-0.2, -0.15) is 18.2 Å². The molecule has 0 atom stereocenters. The van der Waals surface area contributed by atoms with Gasteiger partial charge in [0.1, 0.15) is 11.8 Å². The molecular weight excluding hydrogens is 329 g/mol. The summed E-state index contributed by atoms with van der Waals surface area (Å²) in [5.41, 5.74) is -0.318. The lowest BCUT2D eigenvalue weighted by molar-refractivity contribution is -0.186. The number of nitrogens with zero attached hydrogens (tertiary/aromatic N) is 2. The highest BCUT2D eigenvalue weighted by atomic mass is 19.4. The maximum Gasteiger partial charge on any atom is 0.451 e. The first kappa shape index (κ1) is 17.1. The summed E-state index contributed by atoms with van der Waals surface area (Å²) in [6.07, 6.45) is -2.70. The van der Waals surface area contributed by atoms with Gasteiger partial charge in [0.25, 0.3) is 0 Å². The Bertz CT molecular complexity index is 620. The van der Waals surface area contributed by atoms with Gasteiger partial charge in [0.2, 0.25) is 11.7 Å². The molecule has 1 saturated heterocycles. The van der Waals surface area contributed by atoms with Crippen molar-refractivity contribution in [2.24, 2.45) is 0 Å². The van der Waals surface area contributed by atoms with Crippen LogP contribution in [0, 0.1) is 0 Å². The molecule has 1 aromatic rings. The highest BCUT2D eigenvalue weighted by molar-refractivity contribution is 5.92. The Morgan fingerprint density at radius 1 is 1.25 bits per heavy atom. The lowest BCUT2D eigenvalue weighted by Crippen LogP contribution is -2.38. The second kappa shape index (κ2) is 6.29. The molecule has 0 N–H and O–H groups in total. The van der Waals surface area contributed by atoms with Crippen molar-refractivity contribution >= 4 is 5.78 Å². The molecule has 132 valence electrons. The Kier molecular flexibility index (Phi) is 4.48. The first-order valence-electron chi connectivity index (χ1n) is 7.69. The maximum atomic E-state index is 12.9. The summed E-state index contributed by atoms with van der Waals surface area (Å²) in [6, 6.07) is 1.14. The number of hydrogen-bond donors (Lipinski definition) is 0. The van der Waals surface area contributed by atoms with Gasteiger partial charge in [-0.15, -0.1) is 0 Å². The fourth-order valence-corrected chi connectivity index (χ4v) is 2.90. The Labute approximate surface area is 136 Å². The van der Waals surface area contributed by atoms with Crippen LogP contribution in [0.2, 0.25) is 0 Å². The summed E-state index contributed by atoms with van der Waals surface area (Å²) in [4.78, 5) is 18.0. The standard InChI is InChI=1S/C15H17F3N2O4/c1-9(21)11-8-12(20-13(19-11)15(16,17)18)24-10-2-4-14(5-3-10)22-6-7-23-14/h8,10H,2-7H2,1H3. The average molecular weight is 346 g/mol. The molecule has 2 fully saturated rings. The molecule has 1 aliphatic heterocycles. The fourth-order valence-electron chi connectivity index (χ4n) is 2.90. The molecular formula is C15H17F3N2O4. The Balaban J connectivity index is 1.73. The largest absolute Gasteiger partial charge is 0.474 e. The predicted molar refractivity (Wildman–Crippen MR) is 74.6 cm³/mol. The van der Waals surface area contributed by atoms with Gasteiger partial charge in [-0.05, 0) is 12.8 Å². The number of halogens is 3. The zero-order valence-corrected chi connectivity index (χ0v) is 13.1. The van der Waals surface area contributed by atoms with Crippen molar-refractivity contribution in [2.75, 3.05) is 13.2 Å². The number of alkyl halides is 3. The number of ketones is 1. The van der Waals surface area contributed by atoms with Gasteiger partial charge >= 0.3 is 6.18 Å². The van der Waals surface area contributed by atoms with E-state index < -0.39 is 23.6 Å². The Hall–Kier alpha value is -1.74. The zero-order valence-electron chi connectivity index (χ0n) is 13.1. The van der Waals surface area contributed by atoms with Crippen molar-refractivity contribution in [1.29, 1.82) is 0 Å². The molecule has 1 spiro atoms. The minimum Gasteiger partial charge on any atom is -0.474 e. The van der Waals surface area contributed by atoms with Gasteiger partial charge in [-0.1, -0.05) is 0 Å². The van der Waals surface area contributed by atoms with Crippen molar-refractivity contribution in [3.8, 4) is 5.88 Å². The number of aromatic nitrogens is 2. The average Bonchev–Trinajstić information content (AvgIpc) is 2.97. The second-order valence-corrected chi connectivity index (χ2v) is 5.89. The van der Waals surface area contributed by atoms with Crippen LogP contribution in [0.15, 0.2) is 6.07 Å². The maximum absolute atomic E-state index is 12.9. The lowest BCUT2D eigenvalue weighted by atomic mass is 9.92. The Morgan fingerprint density at radius 3 is 2.42 bits per heavy atom. The van der Waals surface area contributed by atoms with Crippen LogP contribution in [0.25, 0.3) is 0 Å². The van der Waals surface area contributed by atoms with E-state index in [-0.39, 0.29) is 17.7 Å². The first-order chi connectivity index (χ1) is 11.3. The van der Waals surface area contributed by atoms with Gasteiger partial charge < -0.3 is 14.2 Å². The summed E-state index contributed by atoms with van der Waals surface area (Å²) >= 11 is 0. The van der Waals surface area contributed by atoms with E-state index in [2.05, 4.69) is 9.97 Å². The molecule has 0 amide bonds. The molecule has 0 aromatic carbocycles. The third kappa shape index (κ3) is 3.67. The van der Waals surface area contributed by atoms with Crippen molar-refractivity contribution in [1.82, 2.24) is 9.97 Å². The van der Waals surface area contributed by atoms with Crippen molar-refractivity contribution in [3.63, 3.8) is 0 Å². The smallest absolute Gasteiger partial charge is 0.451 e. The molecule has 6 nitrogen and oxygen atoms in total. The molecule has 9 heteroatoms. The third-order valence-electron chi connectivity index (χ3n) is 4.11. The summed E-state index contributed by atoms with van der Waals surface area (Å²) in [6.45, 7) is 2.24. The summed E-state index contributed by atoms with van der Waals surface area (Å²) in [5, 5.41) is 0. The number of carbonyl (C=O) groups is 1. The van der Waals surface area contributed by atoms with E-state index in [4.69, 9.17) is 14.2 Å². The quantitative estimate of drug-likeness (QED) is 0.784. The van der Waals surface area contributed by atoms with Crippen LogP contribution < -0.4 is 4.74 Å². The van der Waals surface area contributed by atoms with Crippen molar-refractivity contribution in [2.45, 2.75) is 50.7 Å². The van der Waals surface area contributed by atoms with Crippen LogP contribution in [0.1, 0.15) is 48.9 Å². The highest BCUT2D eigenvalue weighted by Gasteiger charge is 2.41. The molecule has 0 unspecified atom stereocenters. The van der Waals surface area contributed by atoms with Crippen LogP contribution >= 0.6 is 0 Å². The lowest BCUT2D eigenvalue weighted by Gasteiger charge is -2.35. The van der Waals surface area contributed by atoms with E-state index in [1.807, 2.05) is 0 Å². The molecule has 0 bridgehead atoms. The predicted octanol–water partition coefficient (Wildman–Crippen LogP) is 2.76. The van der Waals surface area contributed by atoms with E-state index in [1.165, 1.54) is 0 Å². The Morgan fingerprint density at radius 2 is 1.88 bits per heavy atom. The normalized spacial score (nSPS) is 21.2. The minimum atomic E-state index is -4.74. The number of carbonyl (C=O) groups excluding carboxylic acids is 1. The van der Waals surface area contributed by atoms with Crippen LogP contribution in [-0.4, -0.2) is 40.9 Å². The number of Topliss-reactive ketones (excluding diaryl/α,β-unsaturated/α-hetero) is 1. The van der Waals surface area contributed by atoms with Crippen molar-refractivity contribution in [3.05, 3.63) is 17.6 Å². The van der Waals surface area contributed by atoms with Gasteiger partial charge in [-0.25, -0.2) is 4.98 Å². The number of rotatable bonds is 3. The molecule has 3 rings (SSSR count). The van der Waals surface area contributed by atoms with Gasteiger partial charge in [0.05, 0.1) is 13.2 Å². The van der Waals surface area contributed by atoms with E-state index in [1.54, 1.807) is 0 Å². The minimum absolute atomic E-state index is 0.239. The van der Waals surface area contributed by atoms with Gasteiger partial charge in [0, 0.05) is 25.8 Å². The van der Waals surface area contributed by atoms with E-state index in [0.29, 0.717) is 38.9 Å². The summed E-state index contributed by atoms with van der Waals surface area (Å²) in [7, 11) is 0. The molecule has 2 aliphatic rings. The second-order valence-electron chi connectivity index (χ2n) is 5.89. The molecule has 1 saturated carbocycles. The topological polar surface area (TPSA) is 70.5 Å². The highest BCUT2D eigenvalue weighted by Crippen LogP contribution is 2.37. The molecule has 2 heterocycles. The fraction of sp³-hybridized carbons (Fsp3) is 0.667. The SMILES string of the molecule is CC(=O)c1cc(OC2CCC3(CC2)OCCO3)nc(C(F)(F)F)n1. The van der Waals surface area contributed by atoms with E-state index in [9.17, 15) is 18.0 Å². The first-order valence-corrected chi connectivity index (χ1v) is 7.69. The number of hydrogen-bond acceptors (Lipinski definition) is 6. The van der Waals surface area contributed by atoms with E-state index >= 15 is 0 Å². The number of ether oxygens (including phenoxy) is 3. The molecule has 0 radical (unpaired) electrons. The van der Waals surface area contributed by atoms with Crippen LogP contribution in [0.4, 0.5) is 13.2 Å². The van der Waals surface area contributed by atoms with Gasteiger partial charge in [-0.3, -0.25) is 4.79 Å². The zero-order chi connectivity index (χ0) is 17.4. The van der Waals surface area contributed by atoms with Crippen LogP contribution in [0.5, 0.6) is 5.88 Å². The molecule has 24 heavy (non-hydrogen) atoms. The summed E-state index contributed by atoms with van der Waals surface area (Å²) in [5.74, 6) is -2.77. The molecule has 1 aromatic heterocycles. The van der Waals surface area contributed by atoms with E-state index in [0.717, 1.165) is 13.0 Å². The molecule has 1 aliphatic carbocycles. The van der Waals surface area contributed by atoms with Crippen LogP contribution in [0.3, 0.4) is 0 Å². The van der Waals surface area contributed by atoms with Gasteiger partial charge in [0.15, 0.2) is 11.6 Å². The summed E-state index contributed by atoms with van der Waals surface area (Å²) < 4.78 is 55.4. The monoisotopic (exact) mass is 346 g/mol. The van der Waals surface area contributed by atoms with Crippen LogP contribution in [-0.2, 0) is 15.7 Å².